The molecule has 124 valence electrons. The zero-order valence-electron chi connectivity index (χ0n) is 12.8. The highest BCUT2D eigenvalue weighted by Crippen LogP contribution is 2.21. The monoisotopic (exact) mass is 338 g/mol. The molecule has 0 radical (unpaired) electrons. The van der Waals surface area contributed by atoms with Gasteiger partial charge >= 0.3 is 5.97 Å². The highest BCUT2D eigenvalue weighted by Gasteiger charge is 2.30. The summed E-state index contributed by atoms with van der Waals surface area (Å²) >= 11 is 5.81. The van der Waals surface area contributed by atoms with Crippen LogP contribution in [-0.4, -0.2) is 41.9 Å². The molecule has 0 bridgehead atoms. The lowest BCUT2D eigenvalue weighted by atomic mass is 9.96. The molecule has 1 fully saturated rings. The molecule has 1 aromatic rings. The van der Waals surface area contributed by atoms with Gasteiger partial charge in [-0.05, 0) is 44.0 Å². The Kier molecular flexibility index (Phi) is 5.60. The van der Waals surface area contributed by atoms with Gasteiger partial charge in [-0.2, -0.15) is 0 Å². The predicted octanol–water partition coefficient (Wildman–Crippen LogP) is 1.61. The summed E-state index contributed by atoms with van der Waals surface area (Å²) in [6.07, 6.45) is 0.0732. The number of halogens is 1. The number of nitrogens with two attached hydrogens (primary N) is 1. The molecule has 2 amide bonds. The molecule has 1 aliphatic heterocycles. The van der Waals surface area contributed by atoms with E-state index in [1.165, 1.54) is 6.92 Å². The molecule has 7 heteroatoms. The summed E-state index contributed by atoms with van der Waals surface area (Å²) in [5, 5.41) is 0.576. The van der Waals surface area contributed by atoms with E-state index in [0.29, 0.717) is 36.5 Å². The first-order valence-corrected chi connectivity index (χ1v) is 7.81. The fourth-order valence-electron chi connectivity index (χ4n) is 2.42. The van der Waals surface area contributed by atoms with Crippen molar-refractivity contribution in [3.63, 3.8) is 0 Å². The number of primary amides is 1. The number of hydrogen-bond donors (Lipinski definition) is 1. The van der Waals surface area contributed by atoms with Crippen molar-refractivity contribution in [3.05, 3.63) is 34.9 Å². The van der Waals surface area contributed by atoms with Crippen LogP contribution in [0.15, 0.2) is 24.3 Å². The number of carbonyl (C=O) groups is 3. The molecule has 23 heavy (non-hydrogen) atoms. The molecule has 0 aromatic heterocycles. The van der Waals surface area contributed by atoms with Gasteiger partial charge in [-0.3, -0.25) is 14.4 Å². The zero-order valence-corrected chi connectivity index (χ0v) is 13.6. The Morgan fingerprint density at radius 3 is 2.30 bits per heavy atom. The lowest BCUT2D eigenvalue weighted by molar-refractivity contribution is -0.159. The van der Waals surface area contributed by atoms with Crippen LogP contribution in [0, 0.1) is 5.92 Å². The average Bonchev–Trinajstić information content (AvgIpc) is 2.55. The van der Waals surface area contributed by atoms with E-state index in [9.17, 15) is 14.4 Å². The van der Waals surface area contributed by atoms with Crippen molar-refractivity contribution in [3.8, 4) is 0 Å². The third-order valence-corrected chi connectivity index (χ3v) is 4.15. The third-order valence-electron chi connectivity index (χ3n) is 3.90. The minimum atomic E-state index is -0.934. The van der Waals surface area contributed by atoms with Gasteiger partial charge in [0, 0.05) is 23.7 Å². The number of hydrogen-bond acceptors (Lipinski definition) is 4. The number of amides is 2. The number of carbonyl (C=O) groups excluding carboxylic acids is 3. The second-order valence-corrected chi connectivity index (χ2v) is 5.99. The summed E-state index contributed by atoms with van der Waals surface area (Å²) in [5.74, 6) is -1.51. The molecule has 1 atom stereocenters. The maximum Gasteiger partial charge on any atom is 0.309 e. The summed E-state index contributed by atoms with van der Waals surface area (Å²) in [6.45, 7) is 2.37. The van der Waals surface area contributed by atoms with Crippen LogP contribution in [0.4, 0.5) is 0 Å². The van der Waals surface area contributed by atoms with E-state index in [1.807, 2.05) is 0 Å². The first-order valence-electron chi connectivity index (χ1n) is 7.43. The number of esters is 1. The quantitative estimate of drug-likeness (QED) is 0.844. The smallest absolute Gasteiger partial charge is 0.309 e. The summed E-state index contributed by atoms with van der Waals surface area (Å²) in [7, 11) is 0. The number of ether oxygens (including phenoxy) is 1. The Balaban J connectivity index is 1.88. The van der Waals surface area contributed by atoms with E-state index in [-0.39, 0.29) is 11.8 Å². The van der Waals surface area contributed by atoms with Crippen LogP contribution in [0.1, 0.15) is 30.1 Å². The van der Waals surface area contributed by atoms with Crippen LogP contribution >= 0.6 is 11.6 Å². The van der Waals surface area contributed by atoms with Crippen LogP contribution < -0.4 is 5.73 Å². The SMILES string of the molecule is C[C@H](OC(=O)C1CCN(C(=O)c2ccc(Cl)cc2)CC1)C(N)=O. The van der Waals surface area contributed by atoms with Crippen LogP contribution in [-0.2, 0) is 14.3 Å². The number of rotatable bonds is 4. The van der Waals surface area contributed by atoms with E-state index < -0.39 is 18.0 Å². The highest BCUT2D eigenvalue weighted by molar-refractivity contribution is 6.30. The van der Waals surface area contributed by atoms with E-state index in [4.69, 9.17) is 22.1 Å². The van der Waals surface area contributed by atoms with Gasteiger partial charge in [-0.25, -0.2) is 0 Å². The second kappa shape index (κ2) is 7.46. The van der Waals surface area contributed by atoms with Crippen molar-refractivity contribution in [2.24, 2.45) is 11.7 Å². The number of benzene rings is 1. The minimum Gasteiger partial charge on any atom is -0.452 e. The molecule has 0 unspecified atom stereocenters. The standard InChI is InChI=1S/C16H19ClN2O4/c1-10(14(18)20)23-16(22)12-6-8-19(9-7-12)15(21)11-2-4-13(17)5-3-11/h2-5,10,12H,6-9H2,1H3,(H2,18,20)/t10-/m0/s1. The fourth-order valence-corrected chi connectivity index (χ4v) is 2.55. The predicted molar refractivity (Wildman–Crippen MR) is 84.8 cm³/mol. The molecule has 0 saturated carbocycles. The molecular weight excluding hydrogens is 320 g/mol. The maximum atomic E-state index is 12.4. The van der Waals surface area contributed by atoms with Crippen molar-refractivity contribution in [1.29, 1.82) is 0 Å². The van der Waals surface area contributed by atoms with Gasteiger partial charge < -0.3 is 15.4 Å². The van der Waals surface area contributed by atoms with E-state index in [0.717, 1.165) is 0 Å². The van der Waals surface area contributed by atoms with Gasteiger partial charge in [-0.15, -0.1) is 0 Å². The van der Waals surface area contributed by atoms with Crippen molar-refractivity contribution in [2.45, 2.75) is 25.9 Å². The minimum absolute atomic E-state index is 0.0843. The summed E-state index contributed by atoms with van der Waals surface area (Å²) in [4.78, 5) is 36.9. The first-order chi connectivity index (χ1) is 10.9. The number of likely N-dealkylation sites (tertiary alicyclic amines) is 1. The molecule has 0 spiro atoms. The number of piperidine rings is 1. The Morgan fingerprint density at radius 1 is 1.22 bits per heavy atom. The van der Waals surface area contributed by atoms with Crippen LogP contribution in [0.2, 0.25) is 5.02 Å². The normalized spacial score (nSPS) is 16.7. The van der Waals surface area contributed by atoms with E-state index in [1.54, 1.807) is 29.2 Å². The second-order valence-electron chi connectivity index (χ2n) is 5.55. The maximum absolute atomic E-state index is 12.4. The zero-order chi connectivity index (χ0) is 17.0. The van der Waals surface area contributed by atoms with Crippen molar-refractivity contribution in [2.75, 3.05) is 13.1 Å². The van der Waals surface area contributed by atoms with Gasteiger partial charge in [0.1, 0.15) is 0 Å². The molecule has 6 nitrogen and oxygen atoms in total. The van der Waals surface area contributed by atoms with Gasteiger partial charge in [0.25, 0.3) is 11.8 Å². The van der Waals surface area contributed by atoms with Crippen molar-refractivity contribution >= 4 is 29.4 Å². The molecule has 0 aliphatic carbocycles. The van der Waals surface area contributed by atoms with E-state index >= 15 is 0 Å². The van der Waals surface area contributed by atoms with E-state index in [2.05, 4.69) is 0 Å². The Labute approximate surface area is 139 Å². The molecule has 1 aliphatic rings. The summed E-state index contributed by atoms with van der Waals surface area (Å²) in [6, 6.07) is 6.70. The summed E-state index contributed by atoms with van der Waals surface area (Å²) in [5.41, 5.74) is 5.64. The largest absolute Gasteiger partial charge is 0.452 e. The van der Waals surface area contributed by atoms with Crippen LogP contribution in [0.3, 0.4) is 0 Å². The van der Waals surface area contributed by atoms with Gasteiger partial charge in [0.05, 0.1) is 5.92 Å². The Hall–Kier alpha value is -2.08. The van der Waals surface area contributed by atoms with Crippen LogP contribution in [0.5, 0.6) is 0 Å². The molecule has 2 N–H and O–H groups in total. The van der Waals surface area contributed by atoms with Crippen molar-refractivity contribution in [1.82, 2.24) is 4.90 Å². The number of nitrogens with zero attached hydrogens (tertiary/aromatic N) is 1. The highest BCUT2D eigenvalue weighted by atomic mass is 35.5. The lowest BCUT2D eigenvalue weighted by Crippen LogP contribution is -2.41. The van der Waals surface area contributed by atoms with Gasteiger partial charge in [-0.1, -0.05) is 11.6 Å². The molecular formula is C16H19ClN2O4. The first kappa shape index (κ1) is 17.3. The van der Waals surface area contributed by atoms with Crippen molar-refractivity contribution < 1.29 is 19.1 Å². The average molecular weight is 339 g/mol. The Morgan fingerprint density at radius 2 is 1.78 bits per heavy atom. The fraction of sp³-hybridized carbons (Fsp3) is 0.438. The van der Waals surface area contributed by atoms with Gasteiger partial charge in [0.15, 0.2) is 6.10 Å². The molecule has 1 aromatic carbocycles. The van der Waals surface area contributed by atoms with Gasteiger partial charge in [0.2, 0.25) is 0 Å². The molecule has 1 saturated heterocycles. The Bertz CT molecular complexity index is 595. The summed E-state index contributed by atoms with van der Waals surface area (Å²) < 4.78 is 5.01. The third kappa shape index (κ3) is 4.45. The van der Waals surface area contributed by atoms with Crippen LogP contribution in [0.25, 0.3) is 0 Å². The molecule has 1 heterocycles. The topological polar surface area (TPSA) is 89.7 Å². The lowest BCUT2D eigenvalue weighted by Gasteiger charge is -2.31. The molecule has 2 rings (SSSR count).